The summed E-state index contributed by atoms with van der Waals surface area (Å²) in [6.45, 7) is 0.537. The molecule has 2 N–H and O–H groups in total. The minimum absolute atomic E-state index is 0.198. The second-order valence-corrected chi connectivity index (χ2v) is 4.65. The second kappa shape index (κ2) is 5.25. The number of carbonyl (C=O) groups excluding carboxylic acids is 2. The van der Waals surface area contributed by atoms with Crippen LogP contribution in [0.2, 0.25) is 0 Å². The number of rotatable bonds is 5. The van der Waals surface area contributed by atoms with Crippen LogP contribution >= 0.6 is 0 Å². The normalized spacial score (nSPS) is 16.7. The van der Waals surface area contributed by atoms with E-state index < -0.39 is 11.4 Å². The Morgan fingerprint density at radius 2 is 2.28 bits per heavy atom. The van der Waals surface area contributed by atoms with E-state index in [1.165, 1.54) is 7.11 Å². The Bertz CT molecular complexity index is 421. The van der Waals surface area contributed by atoms with Crippen molar-refractivity contribution in [2.24, 2.45) is 5.41 Å². The minimum Gasteiger partial charge on any atom is -0.468 e. The quantitative estimate of drug-likeness (QED) is 0.605. The summed E-state index contributed by atoms with van der Waals surface area (Å²) in [4.78, 5) is 26.7. The molecular formula is C13H18N2O3. The highest BCUT2D eigenvalue weighted by atomic mass is 16.5. The molecule has 0 unspecified atom stereocenters. The number of aromatic nitrogens is 1. The summed E-state index contributed by atoms with van der Waals surface area (Å²) in [5.74, 6) is -0.607. The van der Waals surface area contributed by atoms with Crippen molar-refractivity contribution < 1.29 is 14.3 Å². The number of esters is 1. The Labute approximate surface area is 106 Å². The number of carbonyl (C=O) groups is 2. The third-order valence-corrected chi connectivity index (χ3v) is 3.58. The molecule has 0 spiro atoms. The van der Waals surface area contributed by atoms with E-state index in [9.17, 15) is 9.59 Å². The van der Waals surface area contributed by atoms with E-state index in [4.69, 9.17) is 4.74 Å². The summed E-state index contributed by atoms with van der Waals surface area (Å²) < 4.78 is 4.73. The van der Waals surface area contributed by atoms with Crippen LogP contribution in [0.3, 0.4) is 0 Å². The predicted octanol–water partition coefficient (Wildman–Crippen LogP) is 1.02. The first-order valence-electron chi connectivity index (χ1n) is 6.17. The molecule has 0 aromatic carbocycles. The van der Waals surface area contributed by atoms with Gasteiger partial charge >= 0.3 is 5.97 Å². The van der Waals surface area contributed by atoms with Crippen molar-refractivity contribution in [3.05, 3.63) is 24.0 Å². The standard InChI is InChI=1S/C13H18N2O3/c1-18-12(17)13(5-2-6-13)11(16)15-8-4-10-3-7-14-9-10/h3,7,9,14H,2,4-6,8H2,1H3,(H,15,16). The summed E-state index contributed by atoms with van der Waals surface area (Å²) in [6, 6.07) is 1.96. The average molecular weight is 250 g/mol. The van der Waals surface area contributed by atoms with Gasteiger partial charge in [-0.15, -0.1) is 0 Å². The fourth-order valence-corrected chi connectivity index (χ4v) is 2.25. The zero-order chi connectivity index (χ0) is 13.0. The van der Waals surface area contributed by atoms with Gasteiger partial charge in [-0.3, -0.25) is 9.59 Å². The van der Waals surface area contributed by atoms with Gasteiger partial charge in [0.2, 0.25) is 5.91 Å². The summed E-state index contributed by atoms with van der Waals surface area (Å²) in [7, 11) is 1.33. The van der Waals surface area contributed by atoms with Gasteiger partial charge in [-0.1, -0.05) is 6.42 Å². The van der Waals surface area contributed by atoms with Crippen LogP contribution in [-0.2, 0) is 20.7 Å². The smallest absolute Gasteiger partial charge is 0.321 e. The molecule has 1 fully saturated rings. The fraction of sp³-hybridized carbons (Fsp3) is 0.538. The van der Waals surface area contributed by atoms with Crippen LogP contribution in [0, 0.1) is 5.41 Å². The predicted molar refractivity (Wildman–Crippen MR) is 65.8 cm³/mol. The number of methoxy groups -OCH3 is 1. The van der Waals surface area contributed by atoms with Crippen molar-refractivity contribution in [1.82, 2.24) is 10.3 Å². The monoisotopic (exact) mass is 250 g/mol. The molecule has 0 saturated heterocycles. The van der Waals surface area contributed by atoms with Crippen molar-refractivity contribution in [2.75, 3.05) is 13.7 Å². The second-order valence-electron chi connectivity index (χ2n) is 4.65. The minimum atomic E-state index is -0.924. The third-order valence-electron chi connectivity index (χ3n) is 3.58. The van der Waals surface area contributed by atoms with Gasteiger partial charge in [0.25, 0.3) is 0 Å². The fourth-order valence-electron chi connectivity index (χ4n) is 2.25. The molecule has 0 bridgehead atoms. The Hall–Kier alpha value is -1.78. The van der Waals surface area contributed by atoms with Gasteiger partial charge in [-0.05, 0) is 30.9 Å². The Morgan fingerprint density at radius 1 is 1.50 bits per heavy atom. The molecule has 5 nitrogen and oxygen atoms in total. The summed E-state index contributed by atoms with van der Waals surface area (Å²) in [5.41, 5.74) is 0.211. The Kier molecular flexibility index (Phi) is 3.69. The van der Waals surface area contributed by atoms with Crippen LogP contribution in [0.15, 0.2) is 18.5 Å². The van der Waals surface area contributed by atoms with E-state index in [0.29, 0.717) is 19.4 Å². The molecule has 1 heterocycles. The molecule has 5 heteroatoms. The third kappa shape index (κ3) is 2.25. The lowest BCUT2D eigenvalue weighted by Crippen LogP contribution is -2.51. The van der Waals surface area contributed by atoms with Gasteiger partial charge in [0.1, 0.15) is 5.41 Å². The molecule has 98 valence electrons. The van der Waals surface area contributed by atoms with Gasteiger partial charge in [0, 0.05) is 18.9 Å². The molecule has 1 amide bonds. The van der Waals surface area contributed by atoms with Crippen molar-refractivity contribution in [3.63, 3.8) is 0 Å². The number of nitrogens with one attached hydrogen (secondary N) is 2. The van der Waals surface area contributed by atoms with Crippen LogP contribution < -0.4 is 5.32 Å². The van der Waals surface area contributed by atoms with E-state index >= 15 is 0 Å². The lowest BCUT2D eigenvalue weighted by molar-refractivity contribution is -0.165. The summed E-state index contributed by atoms with van der Waals surface area (Å²) in [5, 5.41) is 2.83. The van der Waals surface area contributed by atoms with Gasteiger partial charge in [0.15, 0.2) is 0 Å². The maximum Gasteiger partial charge on any atom is 0.321 e. The number of amides is 1. The first kappa shape index (κ1) is 12.7. The zero-order valence-corrected chi connectivity index (χ0v) is 10.5. The molecule has 0 aliphatic heterocycles. The van der Waals surface area contributed by atoms with E-state index in [1.54, 1.807) is 0 Å². The molecule has 1 aromatic heterocycles. The number of aromatic amines is 1. The molecule has 18 heavy (non-hydrogen) atoms. The summed E-state index contributed by atoms with van der Waals surface area (Å²) in [6.07, 6.45) is 6.59. The molecule has 1 aliphatic rings. The van der Waals surface area contributed by atoms with E-state index in [-0.39, 0.29) is 5.91 Å². The number of H-pyrrole nitrogens is 1. The van der Waals surface area contributed by atoms with Gasteiger partial charge < -0.3 is 15.0 Å². The van der Waals surface area contributed by atoms with Crippen LogP contribution in [0.5, 0.6) is 0 Å². The first-order chi connectivity index (χ1) is 8.69. The Morgan fingerprint density at radius 3 is 2.78 bits per heavy atom. The van der Waals surface area contributed by atoms with Gasteiger partial charge in [-0.2, -0.15) is 0 Å². The molecule has 1 saturated carbocycles. The number of hydrogen-bond acceptors (Lipinski definition) is 3. The van der Waals surface area contributed by atoms with Crippen LogP contribution in [0.1, 0.15) is 24.8 Å². The number of ether oxygens (including phenoxy) is 1. The van der Waals surface area contributed by atoms with Gasteiger partial charge in [0.05, 0.1) is 7.11 Å². The molecule has 2 rings (SSSR count). The first-order valence-corrected chi connectivity index (χ1v) is 6.17. The maximum absolute atomic E-state index is 12.1. The maximum atomic E-state index is 12.1. The summed E-state index contributed by atoms with van der Waals surface area (Å²) >= 11 is 0. The molecule has 1 aliphatic carbocycles. The topological polar surface area (TPSA) is 71.2 Å². The van der Waals surface area contributed by atoms with Crippen molar-refractivity contribution in [1.29, 1.82) is 0 Å². The number of hydrogen-bond donors (Lipinski definition) is 2. The lowest BCUT2D eigenvalue weighted by atomic mass is 9.68. The highest BCUT2D eigenvalue weighted by molar-refractivity contribution is 6.03. The van der Waals surface area contributed by atoms with Crippen molar-refractivity contribution in [3.8, 4) is 0 Å². The molecular weight excluding hydrogens is 232 g/mol. The lowest BCUT2D eigenvalue weighted by Gasteiger charge is -2.37. The van der Waals surface area contributed by atoms with E-state index in [1.807, 2.05) is 18.5 Å². The highest BCUT2D eigenvalue weighted by Crippen LogP contribution is 2.42. The van der Waals surface area contributed by atoms with Crippen LogP contribution in [0.25, 0.3) is 0 Å². The van der Waals surface area contributed by atoms with E-state index in [0.717, 1.165) is 18.4 Å². The molecule has 0 atom stereocenters. The molecule has 1 aromatic rings. The van der Waals surface area contributed by atoms with Crippen LogP contribution in [0.4, 0.5) is 0 Å². The average Bonchev–Trinajstić information content (AvgIpc) is 2.80. The van der Waals surface area contributed by atoms with E-state index in [2.05, 4.69) is 10.3 Å². The van der Waals surface area contributed by atoms with Crippen molar-refractivity contribution >= 4 is 11.9 Å². The SMILES string of the molecule is COC(=O)C1(C(=O)NCCc2cc[nH]c2)CCC1. The zero-order valence-electron chi connectivity index (χ0n) is 10.5. The largest absolute Gasteiger partial charge is 0.468 e. The van der Waals surface area contributed by atoms with Crippen molar-refractivity contribution in [2.45, 2.75) is 25.7 Å². The van der Waals surface area contributed by atoms with Crippen LogP contribution in [-0.4, -0.2) is 30.5 Å². The van der Waals surface area contributed by atoms with Gasteiger partial charge in [-0.25, -0.2) is 0 Å². The Balaban J connectivity index is 1.85. The highest BCUT2D eigenvalue weighted by Gasteiger charge is 2.51. The molecule has 0 radical (unpaired) electrons.